The molecule has 1 saturated heterocycles. The zero-order valence-electron chi connectivity index (χ0n) is 16.1. The highest BCUT2D eigenvalue weighted by Crippen LogP contribution is 2.26. The van der Waals surface area contributed by atoms with Crippen LogP contribution < -0.4 is 0 Å². The Morgan fingerprint density at radius 2 is 1.57 bits per heavy atom. The topological polar surface area (TPSA) is 45.4 Å². The largest absolute Gasteiger partial charge is 0.419 e. The van der Waals surface area contributed by atoms with Crippen LogP contribution in [-0.4, -0.2) is 52.2 Å². The van der Waals surface area contributed by atoms with Crippen LogP contribution in [0.2, 0.25) is 0 Å². The number of fused-ring (bicyclic) bond motifs is 1. The van der Waals surface area contributed by atoms with Gasteiger partial charge in [0.2, 0.25) is 11.8 Å². The summed E-state index contributed by atoms with van der Waals surface area (Å²) in [6.07, 6.45) is 3.58. The van der Waals surface area contributed by atoms with Crippen molar-refractivity contribution in [2.24, 2.45) is 0 Å². The van der Waals surface area contributed by atoms with Gasteiger partial charge in [-0.15, -0.1) is 10.2 Å². The first-order valence-corrected chi connectivity index (χ1v) is 10.3. The van der Waals surface area contributed by atoms with Crippen LogP contribution in [0.3, 0.4) is 0 Å². The Balaban J connectivity index is 1.19. The van der Waals surface area contributed by atoms with Crippen LogP contribution in [0.1, 0.15) is 23.4 Å². The van der Waals surface area contributed by atoms with E-state index in [0.717, 1.165) is 31.7 Å². The molecule has 3 aromatic rings. The molecule has 1 fully saturated rings. The van der Waals surface area contributed by atoms with Crippen molar-refractivity contribution < 1.29 is 4.42 Å². The summed E-state index contributed by atoms with van der Waals surface area (Å²) in [6.45, 7) is 5.15. The van der Waals surface area contributed by atoms with Crippen molar-refractivity contribution in [2.45, 2.75) is 31.8 Å². The summed E-state index contributed by atoms with van der Waals surface area (Å²) in [5.74, 6) is 1.32. The standard InChI is InChI=1S/C23H26N4O/c1-2-7-18(8-3-1)23-25-24-22(28-23)17-26-11-6-12-27(14-13-26)21-15-19-9-4-5-10-20(19)16-21/h1-5,7-10,21H,6,11-17H2. The van der Waals surface area contributed by atoms with Crippen molar-refractivity contribution in [1.82, 2.24) is 20.0 Å². The molecular formula is C23H26N4O. The minimum absolute atomic E-state index is 0.607. The first-order chi connectivity index (χ1) is 13.8. The summed E-state index contributed by atoms with van der Waals surface area (Å²) >= 11 is 0. The van der Waals surface area contributed by atoms with E-state index in [1.807, 2.05) is 30.3 Å². The average molecular weight is 374 g/mol. The molecule has 2 aliphatic rings. The maximum atomic E-state index is 5.90. The lowest BCUT2D eigenvalue weighted by molar-refractivity contribution is 0.196. The van der Waals surface area contributed by atoms with E-state index in [9.17, 15) is 0 Å². The number of rotatable bonds is 4. The van der Waals surface area contributed by atoms with E-state index in [1.54, 1.807) is 0 Å². The van der Waals surface area contributed by atoms with Gasteiger partial charge in [-0.3, -0.25) is 9.80 Å². The Morgan fingerprint density at radius 3 is 2.36 bits per heavy atom. The molecule has 1 aliphatic heterocycles. The van der Waals surface area contributed by atoms with Gasteiger partial charge < -0.3 is 4.42 Å². The fourth-order valence-corrected chi connectivity index (χ4v) is 4.51. The lowest BCUT2D eigenvalue weighted by Gasteiger charge is -2.27. The molecule has 5 rings (SSSR count). The van der Waals surface area contributed by atoms with Gasteiger partial charge in [-0.25, -0.2) is 0 Å². The van der Waals surface area contributed by atoms with Gasteiger partial charge in [0, 0.05) is 24.7 Å². The molecule has 5 heteroatoms. The Bertz CT molecular complexity index is 898. The maximum absolute atomic E-state index is 5.90. The summed E-state index contributed by atoms with van der Waals surface area (Å²) in [5.41, 5.74) is 4.05. The third-order valence-electron chi connectivity index (χ3n) is 6.02. The van der Waals surface area contributed by atoms with Gasteiger partial charge in [0.15, 0.2) is 0 Å². The van der Waals surface area contributed by atoms with Crippen LogP contribution >= 0.6 is 0 Å². The fourth-order valence-electron chi connectivity index (χ4n) is 4.51. The summed E-state index contributed by atoms with van der Waals surface area (Å²) < 4.78 is 5.90. The number of nitrogens with zero attached hydrogens (tertiary/aromatic N) is 4. The summed E-state index contributed by atoms with van der Waals surface area (Å²) in [5, 5.41) is 8.49. The van der Waals surface area contributed by atoms with E-state index in [-0.39, 0.29) is 0 Å². The minimum atomic E-state index is 0.607. The monoisotopic (exact) mass is 374 g/mol. The lowest BCUT2D eigenvalue weighted by Crippen LogP contribution is -2.38. The van der Waals surface area contributed by atoms with Gasteiger partial charge in [-0.2, -0.15) is 0 Å². The van der Waals surface area contributed by atoms with Crippen molar-refractivity contribution in [3.63, 3.8) is 0 Å². The van der Waals surface area contributed by atoms with Gasteiger partial charge in [-0.05, 0) is 55.6 Å². The lowest BCUT2D eigenvalue weighted by atomic mass is 10.1. The quantitative estimate of drug-likeness (QED) is 0.700. The molecule has 5 nitrogen and oxygen atoms in total. The molecule has 0 atom stereocenters. The second-order valence-electron chi connectivity index (χ2n) is 7.86. The molecule has 144 valence electrons. The van der Waals surface area contributed by atoms with Crippen LogP contribution in [0.25, 0.3) is 11.5 Å². The molecule has 0 amide bonds. The highest BCUT2D eigenvalue weighted by atomic mass is 16.4. The SMILES string of the molecule is c1ccc(-c2nnc(CN3CCCN(C4Cc5ccccc5C4)CC3)o2)cc1. The molecule has 0 N–H and O–H groups in total. The minimum Gasteiger partial charge on any atom is -0.419 e. The van der Waals surface area contributed by atoms with Crippen LogP contribution in [0, 0.1) is 0 Å². The van der Waals surface area contributed by atoms with Gasteiger partial charge in [0.1, 0.15) is 0 Å². The Hall–Kier alpha value is -2.50. The zero-order valence-corrected chi connectivity index (χ0v) is 16.1. The van der Waals surface area contributed by atoms with Gasteiger partial charge in [-0.1, -0.05) is 42.5 Å². The summed E-state index contributed by atoms with van der Waals surface area (Å²) in [6, 6.07) is 19.5. The Morgan fingerprint density at radius 1 is 0.821 bits per heavy atom. The van der Waals surface area contributed by atoms with Gasteiger partial charge in [0.05, 0.1) is 6.54 Å². The van der Waals surface area contributed by atoms with Crippen molar-refractivity contribution in [1.29, 1.82) is 0 Å². The van der Waals surface area contributed by atoms with E-state index in [4.69, 9.17) is 4.42 Å². The third-order valence-corrected chi connectivity index (χ3v) is 6.02. The van der Waals surface area contributed by atoms with Crippen LogP contribution in [0.4, 0.5) is 0 Å². The molecule has 28 heavy (non-hydrogen) atoms. The average Bonchev–Trinajstić information content (AvgIpc) is 3.31. The fraction of sp³-hybridized carbons (Fsp3) is 0.391. The smallest absolute Gasteiger partial charge is 0.247 e. The highest BCUT2D eigenvalue weighted by molar-refractivity contribution is 5.51. The van der Waals surface area contributed by atoms with Crippen LogP contribution in [0.5, 0.6) is 0 Å². The molecule has 0 saturated carbocycles. The molecule has 0 bridgehead atoms. The Labute approximate surface area is 166 Å². The molecule has 2 aromatic carbocycles. The van der Waals surface area contributed by atoms with E-state index in [1.165, 1.54) is 36.9 Å². The summed E-state index contributed by atoms with van der Waals surface area (Å²) in [4.78, 5) is 5.13. The van der Waals surface area contributed by atoms with Crippen molar-refractivity contribution >= 4 is 0 Å². The molecule has 0 unspecified atom stereocenters. The molecule has 1 aliphatic carbocycles. The second-order valence-corrected chi connectivity index (χ2v) is 7.86. The molecular weight excluding hydrogens is 348 g/mol. The number of hydrogen-bond donors (Lipinski definition) is 0. The van der Waals surface area contributed by atoms with Crippen molar-refractivity contribution in [2.75, 3.05) is 26.2 Å². The zero-order chi connectivity index (χ0) is 18.8. The van der Waals surface area contributed by atoms with E-state index >= 15 is 0 Å². The van der Waals surface area contributed by atoms with Crippen molar-refractivity contribution in [3.8, 4) is 11.5 Å². The summed E-state index contributed by atoms with van der Waals surface area (Å²) in [7, 11) is 0. The first kappa shape index (κ1) is 17.6. The van der Waals surface area contributed by atoms with Gasteiger partial charge >= 0.3 is 0 Å². The van der Waals surface area contributed by atoms with Crippen LogP contribution in [0.15, 0.2) is 59.0 Å². The number of aromatic nitrogens is 2. The third kappa shape index (κ3) is 3.73. The highest BCUT2D eigenvalue weighted by Gasteiger charge is 2.28. The van der Waals surface area contributed by atoms with Crippen molar-refractivity contribution in [3.05, 3.63) is 71.6 Å². The number of hydrogen-bond acceptors (Lipinski definition) is 5. The molecule has 2 heterocycles. The maximum Gasteiger partial charge on any atom is 0.247 e. The molecule has 0 radical (unpaired) electrons. The van der Waals surface area contributed by atoms with Gasteiger partial charge in [0.25, 0.3) is 0 Å². The van der Waals surface area contributed by atoms with E-state index in [0.29, 0.717) is 17.8 Å². The number of benzene rings is 2. The van der Waals surface area contributed by atoms with Crippen LogP contribution in [-0.2, 0) is 19.4 Å². The molecule has 1 aromatic heterocycles. The Kier molecular flexibility index (Phi) is 4.93. The predicted octanol–water partition coefficient (Wildman–Crippen LogP) is 3.41. The first-order valence-electron chi connectivity index (χ1n) is 10.3. The van der Waals surface area contributed by atoms with E-state index in [2.05, 4.69) is 44.3 Å². The molecule has 0 spiro atoms. The van der Waals surface area contributed by atoms with E-state index < -0.39 is 0 Å². The normalized spacial score (nSPS) is 18.9. The predicted molar refractivity (Wildman–Crippen MR) is 109 cm³/mol. The second kappa shape index (κ2) is 7.86.